The molecule has 4 aromatic rings. The summed E-state index contributed by atoms with van der Waals surface area (Å²) in [6, 6.07) is 5.98. The first kappa shape index (κ1) is 17.0. The monoisotopic (exact) mass is 394 g/mol. The SMILES string of the molecule is Nc1ncc(Cc2ccc3[nH]cnc3c2Cl)c(Nc2cc(C3CCC3)[nH]n2)n1. The molecule has 3 aromatic heterocycles. The third-order valence-corrected chi connectivity index (χ3v) is 5.68. The van der Waals surface area contributed by atoms with E-state index in [0.29, 0.717) is 23.2 Å². The number of rotatable bonds is 5. The van der Waals surface area contributed by atoms with E-state index in [1.165, 1.54) is 19.3 Å². The van der Waals surface area contributed by atoms with Gasteiger partial charge in [-0.25, -0.2) is 9.97 Å². The average Bonchev–Trinajstić information content (AvgIpc) is 3.28. The minimum absolute atomic E-state index is 0.204. The van der Waals surface area contributed by atoms with E-state index in [1.807, 2.05) is 18.2 Å². The summed E-state index contributed by atoms with van der Waals surface area (Å²) in [5, 5.41) is 11.4. The summed E-state index contributed by atoms with van der Waals surface area (Å²) < 4.78 is 0. The van der Waals surface area contributed by atoms with E-state index < -0.39 is 0 Å². The van der Waals surface area contributed by atoms with Crippen LogP contribution < -0.4 is 11.1 Å². The molecule has 1 saturated carbocycles. The van der Waals surface area contributed by atoms with E-state index in [0.717, 1.165) is 33.7 Å². The van der Waals surface area contributed by atoms with Gasteiger partial charge >= 0.3 is 0 Å². The number of nitrogens with one attached hydrogen (secondary N) is 3. The number of anilines is 3. The van der Waals surface area contributed by atoms with Crippen LogP contribution in [0.4, 0.5) is 17.6 Å². The molecule has 5 N–H and O–H groups in total. The Balaban J connectivity index is 1.44. The van der Waals surface area contributed by atoms with Gasteiger partial charge in [-0.15, -0.1) is 0 Å². The minimum Gasteiger partial charge on any atom is -0.368 e. The van der Waals surface area contributed by atoms with Crippen LogP contribution in [0.3, 0.4) is 0 Å². The molecule has 1 aliphatic carbocycles. The van der Waals surface area contributed by atoms with Gasteiger partial charge in [-0.05, 0) is 24.5 Å². The van der Waals surface area contributed by atoms with Crippen LogP contribution in [0, 0.1) is 0 Å². The van der Waals surface area contributed by atoms with Crippen molar-refractivity contribution >= 4 is 40.2 Å². The molecule has 3 heterocycles. The average molecular weight is 395 g/mol. The topological polar surface area (TPSA) is 121 Å². The van der Waals surface area contributed by atoms with E-state index in [1.54, 1.807) is 12.5 Å². The molecule has 5 rings (SSSR count). The number of nitrogens with zero attached hydrogens (tertiary/aromatic N) is 4. The molecule has 0 bridgehead atoms. The predicted molar refractivity (Wildman–Crippen MR) is 109 cm³/mol. The second-order valence-electron chi connectivity index (χ2n) is 7.08. The first-order valence-electron chi connectivity index (χ1n) is 9.21. The number of halogens is 1. The van der Waals surface area contributed by atoms with Crippen molar-refractivity contribution in [3.63, 3.8) is 0 Å². The summed E-state index contributed by atoms with van der Waals surface area (Å²) >= 11 is 6.55. The van der Waals surface area contributed by atoms with Crippen molar-refractivity contribution in [3.05, 3.63) is 52.6 Å². The third-order valence-electron chi connectivity index (χ3n) is 5.26. The highest BCUT2D eigenvalue weighted by molar-refractivity contribution is 6.35. The van der Waals surface area contributed by atoms with Crippen LogP contribution in [0.1, 0.15) is 42.0 Å². The lowest BCUT2D eigenvalue weighted by Crippen LogP contribution is -2.08. The van der Waals surface area contributed by atoms with Crippen LogP contribution in [-0.2, 0) is 6.42 Å². The van der Waals surface area contributed by atoms with Gasteiger partial charge in [0.05, 0.1) is 16.9 Å². The third kappa shape index (κ3) is 3.05. The first-order chi connectivity index (χ1) is 13.7. The van der Waals surface area contributed by atoms with Crippen LogP contribution in [0.15, 0.2) is 30.7 Å². The quantitative estimate of drug-likeness (QED) is 0.407. The fraction of sp³-hybridized carbons (Fsp3) is 0.263. The Morgan fingerprint density at radius 1 is 1.21 bits per heavy atom. The largest absolute Gasteiger partial charge is 0.368 e. The van der Waals surface area contributed by atoms with Crippen LogP contribution >= 0.6 is 11.6 Å². The number of nitrogen functional groups attached to an aromatic ring is 1. The van der Waals surface area contributed by atoms with Gasteiger partial charge < -0.3 is 16.0 Å². The van der Waals surface area contributed by atoms with Crippen molar-refractivity contribution in [2.75, 3.05) is 11.1 Å². The van der Waals surface area contributed by atoms with Crippen LogP contribution in [-0.4, -0.2) is 30.1 Å². The fourth-order valence-corrected chi connectivity index (χ4v) is 3.75. The summed E-state index contributed by atoms with van der Waals surface area (Å²) in [7, 11) is 0. The Morgan fingerprint density at radius 2 is 2.11 bits per heavy atom. The van der Waals surface area contributed by atoms with Crippen LogP contribution in [0.5, 0.6) is 0 Å². The molecule has 0 atom stereocenters. The van der Waals surface area contributed by atoms with Gasteiger partial charge in [-0.2, -0.15) is 10.1 Å². The number of H-pyrrole nitrogens is 2. The summed E-state index contributed by atoms with van der Waals surface area (Å²) in [5.74, 6) is 2.12. The first-order valence-corrected chi connectivity index (χ1v) is 9.59. The highest BCUT2D eigenvalue weighted by Crippen LogP contribution is 2.36. The number of benzene rings is 1. The molecule has 1 aliphatic rings. The lowest BCUT2D eigenvalue weighted by atomic mass is 9.83. The lowest BCUT2D eigenvalue weighted by molar-refractivity contribution is 0.410. The van der Waals surface area contributed by atoms with Gasteiger partial charge in [-0.1, -0.05) is 24.1 Å². The van der Waals surface area contributed by atoms with Gasteiger partial charge in [0.1, 0.15) is 11.3 Å². The number of aromatic amines is 2. The number of hydrogen-bond donors (Lipinski definition) is 4. The molecular weight excluding hydrogens is 376 g/mol. The highest BCUT2D eigenvalue weighted by atomic mass is 35.5. The van der Waals surface area contributed by atoms with Gasteiger partial charge in [0.15, 0.2) is 5.82 Å². The molecule has 0 aliphatic heterocycles. The maximum atomic E-state index is 6.55. The van der Waals surface area contributed by atoms with E-state index in [9.17, 15) is 0 Å². The number of imidazole rings is 1. The fourth-order valence-electron chi connectivity index (χ4n) is 3.47. The second-order valence-corrected chi connectivity index (χ2v) is 7.46. The Bertz CT molecular complexity index is 1140. The van der Waals surface area contributed by atoms with Crippen molar-refractivity contribution in [3.8, 4) is 0 Å². The molecule has 0 unspecified atom stereocenters. The Labute approximate surface area is 166 Å². The number of nitrogens with two attached hydrogens (primary N) is 1. The maximum Gasteiger partial charge on any atom is 0.221 e. The lowest BCUT2D eigenvalue weighted by Gasteiger charge is -2.23. The maximum absolute atomic E-state index is 6.55. The molecule has 8 nitrogen and oxygen atoms in total. The van der Waals surface area contributed by atoms with Crippen molar-refractivity contribution in [2.24, 2.45) is 0 Å². The van der Waals surface area contributed by atoms with Gasteiger partial charge in [0, 0.05) is 35.9 Å². The molecule has 142 valence electrons. The second kappa shape index (κ2) is 6.79. The number of hydrogen-bond acceptors (Lipinski definition) is 6. The highest BCUT2D eigenvalue weighted by Gasteiger charge is 2.22. The Kier molecular flexibility index (Phi) is 4.12. The van der Waals surface area contributed by atoms with E-state index in [-0.39, 0.29) is 5.95 Å². The molecule has 0 saturated heterocycles. The standard InChI is InChI=1S/C19H19ClN8/c20-16-11(4-5-13-17(16)24-9-23-13)6-12-8-22-19(21)26-18(12)25-15-7-14(27-28-15)10-2-1-3-10/h4-5,7-10H,1-3,6H2,(H,23,24)(H4,21,22,25,26,27,28). The van der Waals surface area contributed by atoms with Gasteiger partial charge in [0.2, 0.25) is 5.95 Å². The number of aromatic nitrogens is 6. The zero-order valence-corrected chi connectivity index (χ0v) is 15.8. The summed E-state index contributed by atoms with van der Waals surface area (Å²) in [5.41, 5.74) is 10.4. The van der Waals surface area contributed by atoms with Gasteiger partial charge in [-0.3, -0.25) is 5.10 Å². The van der Waals surface area contributed by atoms with E-state index >= 15 is 0 Å². The molecule has 1 aromatic carbocycles. The van der Waals surface area contributed by atoms with Crippen LogP contribution in [0.2, 0.25) is 5.02 Å². The summed E-state index contributed by atoms with van der Waals surface area (Å²) in [4.78, 5) is 15.9. The van der Waals surface area contributed by atoms with Crippen molar-refractivity contribution in [1.29, 1.82) is 0 Å². The van der Waals surface area contributed by atoms with E-state index in [2.05, 4.69) is 35.5 Å². The predicted octanol–water partition coefficient (Wildman–Crippen LogP) is 3.91. The molecule has 1 fully saturated rings. The van der Waals surface area contributed by atoms with Crippen molar-refractivity contribution in [1.82, 2.24) is 30.1 Å². The smallest absolute Gasteiger partial charge is 0.221 e. The molecule has 9 heteroatoms. The van der Waals surface area contributed by atoms with Gasteiger partial charge in [0.25, 0.3) is 0 Å². The van der Waals surface area contributed by atoms with E-state index in [4.69, 9.17) is 17.3 Å². The zero-order chi connectivity index (χ0) is 19.1. The molecule has 28 heavy (non-hydrogen) atoms. The molecular formula is C19H19ClN8. The Morgan fingerprint density at radius 3 is 2.93 bits per heavy atom. The minimum atomic E-state index is 0.204. The normalized spacial score (nSPS) is 14.3. The molecule has 0 radical (unpaired) electrons. The summed E-state index contributed by atoms with van der Waals surface area (Å²) in [6.45, 7) is 0. The summed E-state index contributed by atoms with van der Waals surface area (Å²) in [6.07, 6.45) is 7.60. The van der Waals surface area contributed by atoms with Crippen molar-refractivity contribution in [2.45, 2.75) is 31.6 Å². The number of fused-ring (bicyclic) bond motifs is 1. The molecule has 0 amide bonds. The van der Waals surface area contributed by atoms with Crippen molar-refractivity contribution < 1.29 is 0 Å². The molecule has 0 spiro atoms. The Hall–Kier alpha value is -3.13. The van der Waals surface area contributed by atoms with Crippen LogP contribution in [0.25, 0.3) is 11.0 Å². The zero-order valence-electron chi connectivity index (χ0n) is 15.0.